The maximum atomic E-state index is 11.7. The summed E-state index contributed by atoms with van der Waals surface area (Å²) in [7, 11) is 0. The molecule has 1 atom stereocenters. The summed E-state index contributed by atoms with van der Waals surface area (Å²) in [6, 6.07) is 0. The van der Waals surface area contributed by atoms with Gasteiger partial charge in [-0.1, -0.05) is 26.2 Å². The van der Waals surface area contributed by atoms with Crippen LogP contribution in [0, 0.1) is 0 Å². The molecule has 18 heavy (non-hydrogen) atoms. The second-order valence-corrected chi connectivity index (χ2v) is 4.69. The molecule has 0 saturated heterocycles. The van der Waals surface area contributed by atoms with Gasteiger partial charge in [0.25, 0.3) is 6.47 Å². The van der Waals surface area contributed by atoms with Crippen molar-refractivity contribution in [1.29, 1.82) is 0 Å². The molecule has 0 aromatic rings. The first-order chi connectivity index (χ1) is 8.74. The van der Waals surface area contributed by atoms with Gasteiger partial charge in [0.1, 0.15) is 11.9 Å². The van der Waals surface area contributed by atoms with E-state index in [9.17, 15) is 9.59 Å². The zero-order valence-corrected chi connectivity index (χ0v) is 11.5. The molecule has 0 saturated carbocycles. The van der Waals surface area contributed by atoms with Gasteiger partial charge in [0.15, 0.2) is 0 Å². The maximum Gasteiger partial charge on any atom is 0.293 e. The Balaban J connectivity index is 3.76. The highest BCUT2D eigenvalue weighted by atomic mass is 16.5. The van der Waals surface area contributed by atoms with E-state index < -0.39 is 0 Å². The summed E-state index contributed by atoms with van der Waals surface area (Å²) in [5, 5.41) is 0. The zero-order valence-electron chi connectivity index (χ0n) is 11.5. The van der Waals surface area contributed by atoms with Crippen molar-refractivity contribution in [2.45, 2.75) is 70.8 Å². The highest BCUT2D eigenvalue weighted by Crippen LogP contribution is 2.12. The topological polar surface area (TPSA) is 69.4 Å². The van der Waals surface area contributed by atoms with Gasteiger partial charge < -0.3 is 10.5 Å². The van der Waals surface area contributed by atoms with Gasteiger partial charge in [-0.2, -0.15) is 0 Å². The smallest absolute Gasteiger partial charge is 0.293 e. The third-order valence-corrected chi connectivity index (χ3v) is 2.99. The largest absolute Gasteiger partial charge is 0.464 e. The zero-order chi connectivity index (χ0) is 13.6. The van der Waals surface area contributed by atoms with Crippen molar-refractivity contribution >= 4 is 12.3 Å². The van der Waals surface area contributed by atoms with Crippen molar-refractivity contribution in [1.82, 2.24) is 0 Å². The highest BCUT2D eigenvalue weighted by molar-refractivity contribution is 5.78. The second-order valence-electron chi connectivity index (χ2n) is 4.69. The first kappa shape index (κ1) is 17.1. The molecule has 4 heteroatoms. The molecule has 2 N–H and O–H groups in total. The number of nitrogens with two attached hydrogens (primary N) is 1. The molecule has 1 unspecified atom stereocenters. The Labute approximate surface area is 110 Å². The predicted octanol–water partition coefficient (Wildman–Crippen LogP) is 2.59. The van der Waals surface area contributed by atoms with Gasteiger partial charge in [0.05, 0.1) is 0 Å². The van der Waals surface area contributed by atoms with Gasteiger partial charge in [-0.05, 0) is 32.2 Å². The number of hydrogen-bond acceptors (Lipinski definition) is 4. The molecule has 0 fully saturated rings. The Hall–Kier alpha value is -0.900. The summed E-state index contributed by atoms with van der Waals surface area (Å²) in [5.41, 5.74) is 5.41. The number of hydrogen-bond donors (Lipinski definition) is 1. The van der Waals surface area contributed by atoms with Gasteiger partial charge in [-0.25, -0.2) is 0 Å². The lowest BCUT2D eigenvalue weighted by molar-refractivity contribution is -0.136. The molecule has 0 aliphatic carbocycles. The Morgan fingerprint density at radius 2 is 2.00 bits per heavy atom. The molecule has 0 aromatic carbocycles. The van der Waals surface area contributed by atoms with E-state index in [1.54, 1.807) is 0 Å². The minimum atomic E-state index is -0.257. The van der Waals surface area contributed by atoms with Crippen molar-refractivity contribution in [3.63, 3.8) is 0 Å². The molecular formula is C14H27NO3. The lowest BCUT2D eigenvalue weighted by Crippen LogP contribution is -2.18. The third kappa shape index (κ3) is 10.3. The number of ketones is 1. The van der Waals surface area contributed by atoms with Crippen molar-refractivity contribution in [3.05, 3.63) is 0 Å². The molecule has 4 nitrogen and oxygen atoms in total. The Morgan fingerprint density at radius 3 is 2.61 bits per heavy atom. The molecule has 0 heterocycles. The van der Waals surface area contributed by atoms with Crippen LogP contribution in [0.3, 0.4) is 0 Å². The summed E-state index contributed by atoms with van der Waals surface area (Å²) >= 11 is 0. The van der Waals surface area contributed by atoms with Crippen LogP contribution < -0.4 is 5.73 Å². The average molecular weight is 257 g/mol. The minimum absolute atomic E-state index is 0.200. The molecule has 0 aliphatic rings. The quantitative estimate of drug-likeness (QED) is 0.407. The van der Waals surface area contributed by atoms with Crippen LogP contribution in [0.1, 0.15) is 64.7 Å². The van der Waals surface area contributed by atoms with Gasteiger partial charge in [0, 0.05) is 12.8 Å². The van der Waals surface area contributed by atoms with Crippen LogP contribution in [0.2, 0.25) is 0 Å². The van der Waals surface area contributed by atoms with Crippen LogP contribution in [0.4, 0.5) is 0 Å². The molecule has 0 radical (unpaired) electrons. The molecule has 106 valence electrons. The van der Waals surface area contributed by atoms with Crippen molar-refractivity contribution in [3.8, 4) is 0 Å². The van der Waals surface area contributed by atoms with Crippen molar-refractivity contribution < 1.29 is 14.3 Å². The van der Waals surface area contributed by atoms with E-state index in [4.69, 9.17) is 10.5 Å². The number of rotatable bonds is 13. The molecular weight excluding hydrogens is 230 g/mol. The number of ether oxygens (including phenoxy) is 1. The van der Waals surface area contributed by atoms with Gasteiger partial charge in [-0.3, -0.25) is 9.59 Å². The normalized spacial score (nSPS) is 12.1. The second kappa shape index (κ2) is 12.6. The Bertz CT molecular complexity index is 219. The summed E-state index contributed by atoms with van der Waals surface area (Å²) < 4.78 is 4.94. The van der Waals surface area contributed by atoms with Gasteiger partial charge >= 0.3 is 0 Å². The van der Waals surface area contributed by atoms with Crippen molar-refractivity contribution in [2.24, 2.45) is 5.73 Å². The van der Waals surface area contributed by atoms with E-state index in [1.165, 1.54) is 12.8 Å². The van der Waals surface area contributed by atoms with E-state index in [0.29, 0.717) is 25.9 Å². The van der Waals surface area contributed by atoms with E-state index >= 15 is 0 Å². The third-order valence-electron chi connectivity index (χ3n) is 2.99. The molecule has 0 aliphatic heterocycles. The fraction of sp³-hybridized carbons (Fsp3) is 0.857. The standard InChI is InChI=1S/C14H27NO3/c1-2-3-4-5-8-13(17)11-14(18-12-16)9-6-7-10-15/h12,14H,2-11,15H2,1H3. The van der Waals surface area contributed by atoms with Crippen LogP contribution in [-0.4, -0.2) is 24.9 Å². The summed E-state index contributed by atoms with van der Waals surface area (Å²) in [4.78, 5) is 22.1. The monoisotopic (exact) mass is 257 g/mol. The minimum Gasteiger partial charge on any atom is -0.464 e. The van der Waals surface area contributed by atoms with Gasteiger partial charge in [0.2, 0.25) is 0 Å². The summed E-state index contributed by atoms with van der Waals surface area (Å²) in [6.45, 7) is 3.23. The van der Waals surface area contributed by atoms with E-state index in [1.807, 2.05) is 0 Å². The summed E-state index contributed by atoms with van der Waals surface area (Å²) in [6.07, 6.45) is 7.65. The average Bonchev–Trinajstić information content (AvgIpc) is 2.35. The van der Waals surface area contributed by atoms with Gasteiger partial charge in [-0.15, -0.1) is 0 Å². The first-order valence-electron chi connectivity index (χ1n) is 7.05. The molecule has 0 amide bonds. The van der Waals surface area contributed by atoms with Crippen LogP contribution in [-0.2, 0) is 14.3 Å². The lowest BCUT2D eigenvalue weighted by Gasteiger charge is -2.14. The molecule has 0 bridgehead atoms. The van der Waals surface area contributed by atoms with E-state index in [-0.39, 0.29) is 11.9 Å². The lowest BCUT2D eigenvalue weighted by atomic mass is 10.0. The maximum absolute atomic E-state index is 11.7. The number of Topliss-reactive ketones (excluding diaryl/α,β-unsaturated/α-hetero) is 1. The number of carbonyl (C=O) groups is 2. The molecule has 0 rings (SSSR count). The Kier molecular flexibility index (Phi) is 11.9. The fourth-order valence-corrected chi connectivity index (χ4v) is 1.92. The van der Waals surface area contributed by atoms with Crippen LogP contribution >= 0.6 is 0 Å². The van der Waals surface area contributed by atoms with E-state index in [2.05, 4.69) is 6.92 Å². The molecule has 0 aromatic heterocycles. The highest BCUT2D eigenvalue weighted by Gasteiger charge is 2.14. The SMILES string of the molecule is CCCCCCC(=O)CC(CCCCN)OC=O. The van der Waals surface area contributed by atoms with Crippen LogP contribution in [0.25, 0.3) is 0 Å². The summed E-state index contributed by atoms with van der Waals surface area (Å²) in [5.74, 6) is 0.200. The number of carbonyl (C=O) groups excluding carboxylic acids is 2. The number of unbranched alkanes of at least 4 members (excludes halogenated alkanes) is 4. The molecule has 0 spiro atoms. The first-order valence-corrected chi connectivity index (χ1v) is 7.05. The predicted molar refractivity (Wildman–Crippen MR) is 72.2 cm³/mol. The van der Waals surface area contributed by atoms with Crippen LogP contribution in [0.15, 0.2) is 0 Å². The Morgan fingerprint density at radius 1 is 1.22 bits per heavy atom. The fourth-order valence-electron chi connectivity index (χ4n) is 1.92. The van der Waals surface area contributed by atoms with E-state index in [0.717, 1.165) is 32.1 Å². The van der Waals surface area contributed by atoms with Crippen molar-refractivity contribution in [2.75, 3.05) is 6.54 Å². The van der Waals surface area contributed by atoms with Crippen LogP contribution in [0.5, 0.6) is 0 Å².